The number of anilines is 1. The van der Waals surface area contributed by atoms with Crippen LogP contribution in [-0.2, 0) is 9.84 Å². The lowest BCUT2D eigenvalue weighted by molar-refractivity contribution is 0.0798. The Morgan fingerprint density at radius 2 is 2.05 bits per heavy atom. The van der Waals surface area contributed by atoms with E-state index < -0.39 is 9.84 Å². The lowest BCUT2D eigenvalue weighted by Crippen LogP contribution is -2.32. The predicted octanol–water partition coefficient (Wildman–Crippen LogP) is 1.02. The van der Waals surface area contributed by atoms with Gasteiger partial charge in [-0.1, -0.05) is 6.07 Å². The number of amides is 1. The first-order chi connectivity index (χ1) is 9.19. The molecule has 0 aliphatic heterocycles. The van der Waals surface area contributed by atoms with E-state index in [2.05, 4.69) is 10.3 Å². The molecule has 6 nitrogen and oxygen atoms in total. The van der Waals surface area contributed by atoms with Gasteiger partial charge in [0.25, 0.3) is 5.91 Å². The molecule has 0 bridgehead atoms. The number of hydrogen-bond acceptors (Lipinski definition) is 5. The van der Waals surface area contributed by atoms with Crippen molar-refractivity contribution in [2.45, 2.75) is 19.9 Å². The predicted molar refractivity (Wildman–Crippen MR) is 79.7 cm³/mol. The summed E-state index contributed by atoms with van der Waals surface area (Å²) in [6, 6.07) is 5.36. The van der Waals surface area contributed by atoms with Crippen LogP contribution in [0.4, 0.5) is 5.82 Å². The molecule has 1 aromatic rings. The summed E-state index contributed by atoms with van der Waals surface area (Å²) >= 11 is 0. The molecule has 7 heteroatoms. The van der Waals surface area contributed by atoms with Crippen molar-refractivity contribution in [3.63, 3.8) is 0 Å². The number of sulfone groups is 1. The Bertz CT molecular complexity index is 570. The topological polar surface area (TPSA) is 79.4 Å². The minimum absolute atomic E-state index is 0.0564. The molecule has 0 saturated heterocycles. The average molecular weight is 299 g/mol. The monoisotopic (exact) mass is 299 g/mol. The summed E-state index contributed by atoms with van der Waals surface area (Å²) in [5, 5.41) is 3.12. The molecule has 0 atom stereocenters. The van der Waals surface area contributed by atoms with E-state index in [0.717, 1.165) is 6.26 Å². The normalized spacial score (nSPS) is 11.4. The number of carbonyl (C=O) groups is 1. The molecule has 0 unspecified atom stereocenters. The lowest BCUT2D eigenvalue weighted by Gasteiger charge is -2.17. The highest BCUT2D eigenvalue weighted by Gasteiger charge is 2.15. The smallest absolute Gasteiger partial charge is 0.272 e. The molecule has 0 saturated carbocycles. The number of aromatic nitrogens is 1. The maximum atomic E-state index is 12.1. The molecule has 1 N–H and O–H groups in total. The number of rotatable bonds is 6. The van der Waals surface area contributed by atoms with E-state index in [1.807, 2.05) is 13.8 Å². The molecule has 0 radical (unpaired) electrons. The van der Waals surface area contributed by atoms with E-state index >= 15 is 0 Å². The Labute approximate surface area is 120 Å². The second kappa shape index (κ2) is 6.69. The van der Waals surface area contributed by atoms with E-state index in [9.17, 15) is 13.2 Å². The molecule has 0 aliphatic carbocycles. The fraction of sp³-hybridized carbons (Fsp3) is 0.538. The third kappa shape index (κ3) is 5.56. The van der Waals surface area contributed by atoms with Gasteiger partial charge in [0.2, 0.25) is 0 Å². The largest absolute Gasteiger partial charge is 0.368 e. The molecule has 0 fully saturated rings. The van der Waals surface area contributed by atoms with E-state index in [1.54, 1.807) is 25.2 Å². The number of carbonyl (C=O) groups excluding carboxylic acids is 1. The Hall–Kier alpha value is -1.63. The molecule has 1 rings (SSSR count). The number of pyridine rings is 1. The van der Waals surface area contributed by atoms with Crippen LogP contribution in [0.2, 0.25) is 0 Å². The quantitative estimate of drug-likeness (QED) is 0.848. The highest BCUT2D eigenvalue weighted by atomic mass is 32.2. The molecule has 0 aliphatic rings. The van der Waals surface area contributed by atoms with E-state index in [-0.39, 0.29) is 24.2 Å². The Balaban J connectivity index is 2.76. The summed E-state index contributed by atoms with van der Waals surface area (Å²) in [7, 11) is -1.52. The molecule has 1 amide bonds. The molecular weight excluding hydrogens is 278 g/mol. The number of hydrogen-bond donors (Lipinski definition) is 1. The molecule has 112 valence electrons. The van der Waals surface area contributed by atoms with Gasteiger partial charge in [-0.05, 0) is 26.0 Å². The zero-order valence-electron chi connectivity index (χ0n) is 12.3. The third-order valence-corrected chi connectivity index (χ3v) is 3.47. The molecule has 1 aromatic heterocycles. The van der Waals surface area contributed by atoms with Crippen LogP contribution in [0, 0.1) is 0 Å². The molecule has 0 spiro atoms. The van der Waals surface area contributed by atoms with E-state index in [1.165, 1.54) is 4.90 Å². The van der Waals surface area contributed by atoms with Crippen LogP contribution in [0.3, 0.4) is 0 Å². The summed E-state index contributed by atoms with van der Waals surface area (Å²) in [6.45, 7) is 4.12. The minimum atomic E-state index is -3.09. The number of nitrogens with zero attached hydrogens (tertiary/aromatic N) is 2. The van der Waals surface area contributed by atoms with E-state index in [4.69, 9.17) is 0 Å². The van der Waals surface area contributed by atoms with Gasteiger partial charge in [-0.25, -0.2) is 13.4 Å². The van der Waals surface area contributed by atoms with Gasteiger partial charge in [-0.15, -0.1) is 0 Å². The molecule has 1 heterocycles. The maximum Gasteiger partial charge on any atom is 0.272 e. The van der Waals surface area contributed by atoms with Crippen LogP contribution in [0.5, 0.6) is 0 Å². The van der Waals surface area contributed by atoms with Crippen LogP contribution in [0.15, 0.2) is 18.2 Å². The van der Waals surface area contributed by atoms with Crippen molar-refractivity contribution in [3.05, 3.63) is 23.9 Å². The van der Waals surface area contributed by atoms with Crippen molar-refractivity contribution in [1.82, 2.24) is 9.88 Å². The van der Waals surface area contributed by atoms with E-state index in [0.29, 0.717) is 11.5 Å². The van der Waals surface area contributed by atoms with Crippen LogP contribution in [-0.4, -0.2) is 55.9 Å². The summed E-state index contributed by atoms with van der Waals surface area (Å²) in [6.07, 6.45) is 1.15. The lowest BCUT2D eigenvalue weighted by atomic mass is 10.3. The summed E-state index contributed by atoms with van der Waals surface area (Å²) in [4.78, 5) is 17.7. The van der Waals surface area contributed by atoms with Crippen molar-refractivity contribution >= 4 is 21.6 Å². The zero-order chi connectivity index (χ0) is 15.3. The Morgan fingerprint density at radius 1 is 1.40 bits per heavy atom. The van der Waals surface area contributed by atoms with Crippen molar-refractivity contribution in [2.24, 2.45) is 0 Å². The minimum Gasteiger partial charge on any atom is -0.368 e. The van der Waals surface area contributed by atoms with Crippen molar-refractivity contribution in [1.29, 1.82) is 0 Å². The van der Waals surface area contributed by atoms with Gasteiger partial charge < -0.3 is 10.2 Å². The molecular formula is C13H21N3O3S. The van der Waals surface area contributed by atoms with Gasteiger partial charge >= 0.3 is 0 Å². The molecule has 0 aromatic carbocycles. The zero-order valence-corrected chi connectivity index (χ0v) is 13.1. The van der Waals surface area contributed by atoms with Crippen molar-refractivity contribution in [3.8, 4) is 0 Å². The van der Waals surface area contributed by atoms with Crippen molar-refractivity contribution in [2.75, 3.05) is 30.9 Å². The summed E-state index contributed by atoms with van der Waals surface area (Å²) < 4.78 is 22.2. The second-order valence-electron chi connectivity index (χ2n) is 5.06. The number of nitrogens with one attached hydrogen (secondary N) is 1. The molecule has 20 heavy (non-hydrogen) atoms. The van der Waals surface area contributed by atoms with Crippen LogP contribution < -0.4 is 5.32 Å². The van der Waals surface area contributed by atoms with Gasteiger partial charge in [0, 0.05) is 25.9 Å². The second-order valence-corrected chi connectivity index (χ2v) is 7.32. The first-order valence-corrected chi connectivity index (χ1v) is 8.42. The van der Waals surface area contributed by atoms with Gasteiger partial charge in [-0.3, -0.25) is 4.79 Å². The third-order valence-electron chi connectivity index (χ3n) is 2.55. The van der Waals surface area contributed by atoms with Gasteiger partial charge in [0.15, 0.2) is 0 Å². The van der Waals surface area contributed by atoms with Crippen LogP contribution >= 0.6 is 0 Å². The fourth-order valence-corrected chi connectivity index (χ4v) is 2.14. The first-order valence-electron chi connectivity index (χ1n) is 6.36. The van der Waals surface area contributed by atoms with Gasteiger partial charge in [-0.2, -0.15) is 0 Å². The summed E-state index contributed by atoms with van der Waals surface area (Å²) in [5.41, 5.74) is 0.298. The SMILES string of the molecule is CC(C)Nc1cccc(C(=O)N(C)CCS(C)(=O)=O)n1. The first kappa shape index (κ1) is 16.4. The van der Waals surface area contributed by atoms with Gasteiger partial charge in [0.05, 0.1) is 5.75 Å². The van der Waals surface area contributed by atoms with Gasteiger partial charge in [0.1, 0.15) is 21.3 Å². The standard InChI is InChI=1S/C13H21N3O3S/c1-10(2)14-12-7-5-6-11(15-12)13(17)16(3)8-9-20(4,18)19/h5-7,10H,8-9H2,1-4H3,(H,14,15). The van der Waals surface area contributed by atoms with Crippen LogP contribution in [0.1, 0.15) is 24.3 Å². The Morgan fingerprint density at radius 3 is 2.60 bits per heavy atom. The average Bonchev–Trinajstić information content (AvgIpc) is 2.33. The fourth-order valence-electron chi connectivity index (χ4n) is 1.53. The Kier molecular flexibility index (Phi) is 5.50. The van der Waals surface area contributed by atoms with Crippen molar-refractivity contribution < 1.29 is 13.2 Å². The highest BCUT2D eigenvalue weighted by Crippen LogP contribution is 2.08. The maximum absolute atomic E-state index is 12.1. The van der Waals surface area contributed by atoms with Crippen LogP contribution in [0.25, 0.3) is 0 Å². The summed E-state index contributed by atoms with van der Waals surface area (Å²) in [5.74, 6) is 0.280. The highest BCUT2D eigenvalue weighted by molar-refractivity contribution is 7.90.